The Bertz CT molecular complexity index is 1350. The van der Waals surface area contributed by atoms with E-state index in [9.17, 15) is 4.79 Å². The van der Waals surface area contributed by atoms with E-state index >= 15 is 0 Å². The number of carbonyl (C=O) groups is 1. The standard InChI is InChI=1S/C29H31N5O2S/c1-32-15-17-33(18-16-32)28(35)26-14-7-6-11-24(26)21-37-29-31-30-27(23-12-8-13-25(19-23)36-2)34(29)20-22-9-4-3-5-10-22/h3-14,19H,15-18,20-21H2,1-2H3. The van der Waals surface area contributed by atoms with Crippen LogP contribution in [0.3, 0.4) is 0 Å². The van der Waals surface area contributed by atoms with Crippen LogP contribution in [0, 0.1) is 0 Å². The number of methoxy groups -OCH3 is 1. The van der Waals surface area contributed by atoms with Crippen LogP contribution in [0.5, 0.6) is 5.75 Å². The Hall–Kier alpha value is -3.62. The van der Waals surface area contributed by atoms with Crippen molar-refractivity contribution in [2.45, 2.75) is 17.5 Å². The number of aromatic nitrogens is 3. The maximum Gasteiger partial charge on any atom is 0.254 e. The quantitative estimate of drug-likeness (QED) is 0.319. The molecule has 1 aliphatic rings. The molecule has 190 valence electrons. The van der Waals surface area contributed by atoms with Gasteiger partial charge in [-0.1, -0.05) is 72.4 Å². The maximum atomic E-state index is 13.3. The molecule has 0 radical (unpaired) electrons. The molecule has 37 heavy (non-hydrogen) atoms. The molecule has 4 aromatic rings. The van der Waals surface area contributed by atoms with Gasteiger partial charge in [-0.05, 0) is 36.4 Å². The fraction of sp³-hybridized carbons (Fsp3) is 0.276. The molecular weight excluding hydrogens is 482 g/mol. The molecule has 0 saturated carbocycles. The first-order valence-electron chi connectivity index (χ1n) is 12.4. The normalized spacial score (nSPS) is 14.1. The number of amides is 1. The van der Waals surface area contributed by atoms with E-state index in [1.807, 2.05) is 71.6 Å². The summed E-state index contributed by atoms with van der Waals surface area (Å²) in [6.07, 6.45) is 0. The summed E-state index contributed by atoms with van der Waals surface area (Å²) in [6, 6.07) is 26.1. The van der Waals surface area contributed by atoms with E-state index in [0.29, 0.717) is 12.3 Å². The van der Waals surface area contributed by atoms with Crippen LogP contribution in [-0.2, 0) is 12.3 Å². The van der Waals surface area contributed by atoms with Gasteiger partial charge in [0.2, 0.25) is 0 Å². The second-order valence-electron chi connectivity index (χ2n) is 9.15. The number of ether oxygens (including phenoxy) is 1. The zero-order valence-corrected chi connectivity index (χ0v) is 22.0. The van der Waals surface area contributed by atoms with Gasteiger partial charge in [0, 0.05) is 43.1 Å². The SMILES string of the molecule is COc1cccc(-c2nnc(SCc3ccccc3C(=O)N3CCN(C)CC3)n2Cc2ccccc2)c1. The van der Waals surface area contributed by atoms with Gasteiger partial charge >= 0.3 is 0 Å². The topological polar surface area (TPSA) is 63.5 Å². The van der Waals surface area contributed by atoms with Crippen LogP contribution in [0.15, 0.2) is 84.0 Å². The first-order chi connectivity index (χ1) is 18.1. The largest absolute Gasteiger partial charge is 0.497 e. The number of benzene rings is 3. The molecule has 0 bridgehead atoms. The van der Waals surface area contributed by atoms with Crippen molar-refractivity contribution in [3.8, 4) is 17.1 Å². The van der Waals surface area contributed by atoms with Crippen molar-refractivity contribution in [1.29, 1.82) is 0 Å². The second kappa shape index (κ2) is 11.6. The third-order valence-electron chi connectivity index (χ3n) is 6.62. The second-order valence-corrected chi connectivity index (χ2v) is 10.1. The summed E-state index contributed by atoms with van der Waals surface area (Å²) in [4.78, 5) is 17.6. The van der Waals surface area contributed by atoms with Gasteiger partial charge in [0.05, 0.1) is 13.7 Å². The molecule has 0 N–H and O–H groups in total. The lowest BCUT2D eigenvalue weighted by Gasteiger charge is -2.32. The Morgan fingerprint density at radius 1 is 0.919 bits per heavy atom. The molecule has 3 aromatic carbocycles. The number of nitrogens with zero attached hydrogens (tertiary/aromatic N) is 5. The minimum absolute atomic E-state index is 0.104. The lowest BCUT2D eigenvalue weighted by molar-refractivity contribution is 0.0663. The molecule has 5 rings (SSSR count). The van der Waals surface area contributed by atoms with Crippen molar-refractivity contribution in [3.63, 3.8) is 0 Å². The Labute approximate surface area is 222 Å². The number of thioether (sulfide) groups is 1. The average Bonchev–Trinajstić information content (AvgIpc) is 3.34. The molecule has 1 fully saturated rings. The van der Waals surface area contributed by atoms with Gasteiger partial charge in [-0.3, -0.25) is 9.36 Å². The van der Waals surface area contributed by atoms with Crippen molar-refractivity contribution in [3.05, 3.63) is 95.6 Å². The minimum Gasteiger partial charge on any atom is -0.497 e. The summed E-state index contributed by atoms with van der Waals surface area (Å²) >= 11 is 1.60. The summed E-state index contributed by atoms with van der Waals surface area (Å²) in [5.74, 6) is 2.29. The Morgan fingerprint density at radius 2 is 1.68 bits per heavy atom. The molecular formula is C29H31N5O2S. The van der Waals surface area contributed by atoms with Gasteiger partial charge in [0.25, 0.3) is 5.91 Å². The molecule has 7 nitrogen and oxygen atoms in total. The minimum atomic E-state index is 0.104. The monoisotopic (exact) mass is 513 g/mol. The van der Waals surface area contributed by atoms with Crippen molar-refractivity contribution < 1.29 is 9.53 Å². The summed E-state index contributed by atoms with van der Waals surface area (Å²) < 4.78 is 7.58. The summed E-state index contributed by atoms with van der Waals surface area (Å²) in [5, 5.41) is 9.94. The maximum absolute atomic E-state index is 13.3. The summed E-state index contributed by atoms with van der Waals surface area (Å²) in [6.45, 7) is 3.96. The number of hydrogen-bond acceptors (Lipinski definition) is 6. The van der Waals surface area contributed by atoms with E-state index in [1.165, 1.54) is 5.56 Å². The Balaban J connectivity index is 1.41. The van der Waals surface area contributed by atoms with Gasteiger partial charge in [-0.15, -0.1) is 10.2 Å². The van der Waals surface area contributed by atoms with Gasteiger partial charge in [0.15, 0.2) is 11.0 Å². The third-order valence-corrected chi connectivity index (χ3v) is 7.64. The highest BCUT2D eigenvalue weighted by Crippen LogP contribution is 2.30. The van der Waals surface area contributed by atoms with Crippen molar-refractivity contribution in [2.75, 3.05) is 40.3 Å². The molecule has 0 atom stereocenters. The van der Waals surface area contributed by atoms with E-state index in [0.717, 1.165) is 59.6 Å². The average molecular weight is 514 g/mol. The van der Waals surface area contributed by atoms with E-state index in [2.05, 4.69) is 38.8 Å². The van der Waals surface area contributed by atoms with E-state index in [4.69, 9.17) is 4.74 Å². The molecule has 1 aliphatic heterocycles. The van der Waals surface area contributed by atoms with E-state index < -0.39 is 0 Å². The zero-order valence-electron chi connectivity index (χ0n) is 21.2. The third kappa shape index (κ3) is 5.87. The number of likely N-dealkylation sites (N-methyl/N-ethyl adjacent to an activating group) is 1. The molecule has 1 saturated heterocycles. The van der Waals surface area contributed by atoms with Crippen LogP contribution in [0.4, 0.5) is 0 Å². The summed E-state index contributed by atoms with van der Waals surface area (Å²) in [7, 11) is 3.76. The van der Waals surface area contributed by atoms with Crippen LogP contribution in [0.1, 0.15) is 21.5 Å². The van der Waals surface area contributed by atoms with Gasteiger partial charge < -0.3 is 14.5 Å². The highest BCUT2D eigenvalue weighted by molar-refractivity contribution is 7.98. The molecule has 0 unspecified atom stereocenters. The van der Waals surface area contributed by atoms with E-state index in [1.54, 1.807) is 18.9 Å². The molecule has 2 heterocycles. The van der Waals surface area contributed by atoms with Crippen LogP contribution in [-0.4, -0.2) is 70.8 Å². The summed E-state index contributed by atoms with van der Waals surface area (Å²) in [5.41, 5.74) is 3.88. The van der Waals surface area contributed by atoms with Gasteiger partial charge in [-0.2, -0.15) is 0 Å². The van der Waals surface area contributed by atoms with Crippen molar-refractivity contribution in [2.24, 2.45) is 0 Å². The molecule has 1 amide bonds. The fourth-order valence-corrected chi connectivity index (χ4v) is 5.40. The number of hydrogen-bond donors (Lipinski definition) is 0. The molecule has 0 aliphatic carbocycles. The number of carbonyl (C=O) groups excluding carboxylic acids is 1. The first-order valence-corrected chi connectivity index (χ1v) is 13.4. The lowest BCUT2D eigenvalue weighted by Crippen LogP contribution is -2.47. The van der Waals surface area contributed by atoms with Crippen LogP contribution >= 0.6 is 11.8 Å². The van der Waals surface area contributed by atoms with Crippen LogP contribution in [0.25, 0.3) is 11.4 Å². The zero-order chi connectivity index (χ0) is 25.6. The number of piperazine rings is 1. The molecule has 8 heteroatoms. The van der Waals surface area contributed by atoms with Gasteiger partial charge in [-0.25, -0.2) is 0 Å². The highest BCUT2D eigenvalue weighted by atomic mass is 32.2. The first kappa shape index (κ1) is 25.0. The molecule has 1 aromatic heterocycles. The predicted molar refractivity (Wildman–Crippen MR) is 147 cm³/mol. The van der Waals surface area contributed by atoms with Crippen LogP contribution in [0.2, 0.25) is 0 Å². The molecule has 0 spiro atoms. The van der Waals surface area contributed by atoms with E-state index in [-0.39, 0.29) is 5.91 Å². The Kier molecular flexibility index (Phi) is 7.87. The van der Waals surface area contributed by atoms with Crippen molar-refractivity contribution in [1.82, 2.24) is 24.6 Å². The van der Waals surface area contributed by atoms with Crippen molar-refractivity contribution >= 4 is 17.7 Å². The fourth-order valence-electron chi connectivity index (χ4n) is 4.46. The smallest absolute Gasteiger partial charge is 0.254 e. The number of rotatable bonds is 8. The Morgan fingerprint density at radius 3 is 2.46 bits per heavy atom. The van der Waals surface area contributed by atoms with Crippen LogP contribution < -0.4 is 4.74 Å². The highest BCUT2D eigenvalue weighted by Gasteiger charge is 2.23. The lowest BCUT2D eigenvalue weighted by atomic mass is 10.1. The predicted octanol–water partition coefficient (Wildman–Crippen LogP) is 4.68. The van der Waals surface area contributed by atoms with Gasteiger partial charge in [0.1, 0.15) is 5.75 Å².